The van der Waals surface area contributed by atoms with Crippen molar-refractivity contribution in [3.05, 3.63) is 22.4 Å². The lowest BCUT2D eigenvalue weighted by molar-refractivity contribution is -0.119. The highest BCUT2D eigenvalue weighted by Crippen LogP contribution is 2.21. The molecule has 1 aliphatic heterocycles. The van der Waals surface area contributed by atoms with Crippen molar-refractivity contribution < 1.29 is 9.53 Å². The molecule has 18 heavy (non-hydrogen) atoms. The third kappa shape index (κ3) is 4.08. The van der Waals surface area contributed by atoms with Gasteiger partial charge in [0, 0.05) is 32.2 Å². The smallest absolute Gasteiger partial charge is 0.218 e. The first-order valence-electron chi connectivity index (χ1n) is 6.36. The van der Waals surface area contributed by atoms with Gasteiger partial charge in [-0.05, 0) is 41.1 Å². The number of carbonyl (C=O) groups is 1. The maximum Gasteiger partial charge on any atom is 0.218 e. The van der Waals surface area contributed by atoms with Crippen molar-refractivity contribution >= 4 is 17.2 Å². The molecule has 100 valence electrons. The minimum absolute atomic E-state index is 0.172. The largest absolute Gasteiger partial charge is 0.381 e. The average Bonchev–Trinajstić information content (AvgIpc) is 2.88. The normalized spacial score (nSPS) is 18.7. The monoisotopic (exact) mass is 268 g/mol. The molecule has 0 radical (unpaired) electrons. The summed E-state index contributed by atoms with van der Waals surface area (Å²) in [6.45, 7) is 2.39. The summed E-state index contributed by atoms with van der Waals surface area (Å²) in [5.41, 5.74) is 6.61. The standard InChI is InChI=1S/C13H20N2O2S/c14-13(16)7-12(11-1-4-17-5-2-11)15-8-10-3-6-18-9-10/h3,6,9,11-12,15H,1-2,4-5,7-8H2,(H2,14,16)/t12-/m1/s1. The fraction of sp³-hybridized carbons (Fsp3) is 0.615. The van der Waals surface area contributed by atoms with Gasteiger partial charge in [-0.1, -0.05) is 0 Å². The molecule has 1 saturated heterocycles. The SMILES string of the molecule is NC(=O)C[C@@H](NCc1ccsc1)C1CCOCC1. The van der Waals surface area contributed by atoms with Crippen LogP contribution in [0.4, 0.5) is 0 Å². The summed E-state index contributed by atoms with van der Waals surface area (Å²) in [5.74, 6) is 0.259. The van der Waals surface area contributed by atoms with Crippen LogP contribution in [0.15, 0.2) is 16.8 Å². The lowest BCUT2D eigenvalue weighted by Gasteiger charge is -2.30. The van der Waals surface area contributed by atoms with Gasteiger partial charge in [-0.25, -0.2) is 0 Å². The predicted molar refractivity (Wildman–Crippen MR) is 72.3 cm³/mol. The van der Waals surface area contributed by atoms with E-state index in [0.717, 1.165) is 32.6 Å². The number of hydrogen-bond acceptors (Lipinski definition) is 4. The maximum atomic E-state index is 11.2. The van der Waals surface area contributed by atoms with E-state index in [1.54, 1.807) is 11.3 Å². The van der Waals surface area contributed by atoms with E-state index >= 15 is 0 Å². The van der Waals surface area contributed by atoms with Crippen LogP contribution in [0.3, 0.4) is 0 Å². The van der Waals surface area contributed by atoms with Gasteiger partial charge in [-0.3, -0.25) is 4.79 Å². The second kappa shape index (κ2) is 6.87. The summed E-state index contributed by atoms with van der Waals surface area (Å²) in [6, 6.07) is 2.27. The molecule has 0 spiro atoms. The Morgan fingerprint density at radius 2 is 2.33 bits per heavy atom. The predicted octanol–water partition coefficient (Wildman–Crippen LogP) is 1.51. The highest BCUT2D eigenvalue weighted by molar-refractivity contribution is 7.07. The first kappa shape index (κ1) is 13.5. The van der Waals surface area contributed by atoms with Crippen molar-refractivity contribution in [2.75, 3.05) is 13.2 Å². The molecule has 0 unspecified atom stereocenters. The van der Waals surface area contributed by atoms with E-state index in [4.69, 9.17) is 10.5 Å². The molecule has 0 bridgehead atoms. The van der Waals surface area contributed by atoms with Gasteiger partial charge in [0.2, 0.25) is 5.91 Å². The third-order valence-electron chi connectivity index (χ3n) is 3.40. The van der Waals surface area contributed by atoms with E-state index in [0.29, 0.717) is 12.3 Å². The number of nitrogens with one attached hydrogen (secondary N) is 1. The van der Waals surface area contributed by atoms with E-state index < -0.39 is 0 Å². The molecule has 1 fully saturated rings. The Morgan fingerprint density at radius 1 is 1.56 bits per heavy atom. The number of nitrogens with two attached hydrogens (primary N) is 1. The Labute approximate surface area is 112 Å². The molecular formula is C13H20N2O2S. The molecule has 1 amide bonds. The summed E-state index contributed by atoms with van der Waals surface area (Å²) in [5, 5.41) is 7.66. The van der Waals surface area contributed by atoms with Gasteiger partial charge in [0.1, 0.15) is 0 Å². The molecule has 5 heteroatoms. The Balaban J connectivity index is 1.89. The lowest BCUT2D eigenvalue weighted by atomic mass is 9.89. The number of rotatable bonds is 6. The highest BCUT2D eigenvalue weighted by atomic mass is 32.1. The molecule has 0 aliphatic carbocycles. The minimum Gasteiger partial charge on any atom is -0.381 e. The molecule has 2 heterocycles. The van der Waals surface area contributed by atoms with Crippen LogP contribution in [0, 0.1) is 5.92 Å². The fourth-order valence-corrected chi connectivity index (χ4v) is 3.05. The molecule has 1 aromatic heterocycles. The maximum absolute atomic E-state index is 11.2. The molecule has 3 N–H and O–H groups in total. The van der Waals surface area contributed by atoms with Crippen molar-refractivity contribution in [2.45, 2.75) is 31.8 Å². The number of thiophene rings is 1. The van der Waals surface area contributed by atoms with Crippen LogP contribution >= 0.6 is 11.3 Å². The van der Waals surface area contributed by atoms with Crippen LogP contribution in [0.5, 0.6) is 0 Å². The van der Waals surface area contributed by atoms with E-state index in [9.17, 15) is 4.79 Å². The average molecular weight is 268 g/mol. The molecule has 0 saturated carbocycles. The van der Waals surface area contributed by atoms with Crippen LogP contribution in [-0.4, -0.2) is 25.2 Å². The molecule has 1 aromatic rings. The van der Waals surface area contributed by atoms with Crippen LogP contribution in [0.2, 0.25) is 0 Å². The van der Waals surface area contributed by atoms with Crippen molar-refractivity contribution in [3.8, 4) is 0 Å². The summed E-state index contributed by atoms with van der Waals surface area (Å²) in [4.78, 5) is 11.2. The number of carbonyl (C=O) groups excluding carboxylic acids is 1. The fourth-order valence-electron chi connectivity index (χ4n) is 2.38. The van der Waals surface area contributed by atoms with Crippen LogP contribution in [0.25, 0.3) is 0 Å². The molecule has 1 atom stereocenters. The molecule has 0 aromatic carbocycles. The van der Waals surface area contributed by atoms with Gasteiger partial charge in [0.05, 0.1) is 0 Å². The second-order valence-electron chi connectivity index (χ2n) is 4.74. The van der Waals surface area contributed by atoms with Gasteiger partial charge >= 0.3 is 0 Å². The molecular weight excluding hydrogens is 248 g/mol. The zero-order valence-corrected chi connectivity index (χ0v) is 11.2. The van der Waals surface area contributed by atoms with Crippen molar-refractivity contribution in [1.29, 1.82) is 0 Å². The van der Waals surface area contributed by atoms with E-state index in [1.807, 2.05) is 0 Å². The van der Waals surface area contributed by atoms with Crippen LogP contribution < -0.4 is 11.1 Å². The first-order chi connectivity index (χ1) is 8.75. The minimum atomic E-state index is -0.232. The zero-order chi connectivity index (χ0) is 12.8. The Morgan fingerprint density at radius 3 is 2.94 bits per heavy atom. The first-order valence-corrected chi connectivity index (χ1v) is 7.30. The van der Waals surface area contributed by atoms with Crippen molar-refractivity contribution in [1.82, 2.24) is 5.32 Å². The van der Waals surface area contributed by atoms with Gasteiger partial charge in [0.15, 0.2) is 0 Å². The topological polar surface area (TPSA) is 64.4 Å². The number of primary amides is 1. The number of ether oxygens (including phenoxy) is 1. The summed E-state index contributed by atoms with van der Waals surface area (Å²) < 4.78 is 5.36. The van der Waals surface area contributed by atoms with Crippen molar-refractivity contribution in [2.24, 2.45) is 11.7 Å². The van der Waals surface area contributed by atoms with E-state index in [1.165, 1.54) is 5.56 Å². The van der Waals surface area contributed by atoms with E-state index in [2.05, 4.69) is 22.1 Å². The lowest BCUT2D eigenvalue weighted by Crippen LogP contribution is -2.41. The Kier molecular flexibility index (Phi) is 5.16. The zero-order valence-electron chi connectivity index (χ0n) is 10.4. The summed E-state index contributed by atoms with van der Waals surface area (Å²) in [7, 11) is 0. The van der Waals surface area contributed by atoms with Gasteiger partial charge < -0.3 is 15.8 Å². The second-order valence-corrected chi connectivity index (χ2v) is 5.52. The van der Waals surface area contributed by atoms with Gasteiger partial charge in [0.25, 0.3) is 0 Å². The third-order valence-corrected chi connectivity index (χ3v) is 4.14. The number of amides is 1. The van der Waals surface area contributed by atoms with Gasteiger partial charge in [-0.15, -0.1) is 0 Å². The Hall–Kier alpha value is -0.910. The summed E-state index contributed by atoms with van der Waals surface area (Å²) in [6.07, 6.45) is 2.43. The summed E-state index contributed by atoms with van der Waals surface area (Å²) >= 11 is 1.69. The molecule has 4 nitrogen and oxygen atoms in total. The van der Waals surface area contributed by atoms with Gasteiger partial charge in [-0.2, -0.15) is 11.3 Å². The number of hydrogen-bond donors (Lipinski definition) is 2. The Bertz CT molecular complexity index is 361. The molecule has 2 rings (SSSR count). The highest BCUT2D eigenvalue weighted by Gasteiger charge is 2.25. The van der Waals surface area contributed by atoms with Crippen molar-refractivity contribution in [3.63, 3.8) is 0 Å². The molecule has 1 aliphatic rings. The van der Waals surface area contributed by atoms with Crippen LogP contribution in [0.1, 0.15) is 24.8 Å². The van der Waals surface area contributed by atoms with Crippen LogP contribution in [-0.2, 0) is 16.1 Å². The van der Waals surface area contributed by atoms with E-state index in [-0.39, 0.29) is 11.9 Å². The quantitative estimate of drug-likeness (QED) is 0.822.